The third-order valence-electron chi connectivity index (χ3n) is 3.16. The molecule has 2 heterocycles. The molecule has 1 saturated heterocycles. The van der Waals surface area contributed by atoms with Crippen molar-refractivity contribution in [3.05, 3.63) is 47.5 Å². The predicted octanol–water partition coefficient (Wildman–Crippen LogP) is 1.98. The maximum Gasteiger partial charge on any atom is 0.274 e. The van der Waals surface area contributed by atoms with Crippen LogP contribution in [-0.4, -0.2) is 39.6 Å². The average Bonchev–Trinajstić information content (AvgIpc) is 2.79. The number of ether oxygens (including phenoxy) is 1. The summed E-state index contributed by atoms with van der Waals surface area (Å²) in [5.74, 6) is 0.670. The van der Waals surface area contributed by atoms with Gasteiger partial charge in [0, 0.05) is 18.3 Å². The van der Waals surface area contributed by atoms with E-state index < -0.39 is 0 Å². The van der Waals surface area contributed by atoms with Gasteiger partial charge in [-0.1, -0.05) is 17.7 Å². The number of benzene rings is 1. The minimum absolute atomic E-state index is 0.0149. The molecule has 6 heteroatoms. The first-order valence-electron chi connectivity index (χ1n) is 6.31. The Bertz CT molecular complexity index is 635. The molecule has 0 saturated carbocycles. The number of carbonyl (C=O) groups excluding carboxylic acids is 1. The molecule has 0 bridgehead atoms. The second-order valence-electron chi connectivity index (χ2n) is 4.83. The third-order valence-corrected chi connectivity index (χ3v) is 3.39. The number of hydrogen-bond acceptors (Lipinski definition) is 3. The molecule has 0 spiro atoms. The number of halogens is 1. The summed E-state index contributed by atoms with van der Waals surface area (Å²) < 4.78 is 7.51. The van der Waals surface area contributed by atoms with Gasteiger partial charge < -0.3 is 14.2 Å². The predicted molar refractivity (Wildman–Crippen MR) is 75.0 cm³/mol. The summed E-state index contributed by atoms with van der Waals surface area (Å²) in [6.07, 6.45) is 3.35. The van der Waals surface area contributed by atoms with Crippen molar-refractivity contribution in [2.45, 2.75) is 6.10 Å². The Labute approximate surface area is 121 Å². The summed E-state index contributed by atoms with van der Waals surface area (Å²) in [4.78, 5) is 17.8. The minimum Gasteiger partial charge on any atom is -0.487 e. The molecule has 104 valence electrons. The molecule has 0 unspecified atom stereocenters. The highest BCUT2D eigenvalue weighted by atomic mass is 35.5. The van der Waals surface area contributed by atoms with Crippen molar-refractivity contribution >= 4 is 17.5 Å². The molecule has 2 aromatic rings. The van der Waals surface area contributed by atoms with Crippen molar-refractivity contribution in [3.8, 4) is 5.75 Å². The number of carbonyl (C=O) groups is 1. The van der Waals surface area contributed by atoms with Crippen molar-refractivity contribution in [2.24, 2.45) is 7.05 Å². The summed E-state index contributed by atoms with van der Waals surface area (Å²) in [6.45, 7) is 1.14. The zero-order chi connectivity index (χ0) is 14.1. The SMILES string of the molecule is Cn1cnc(C(=O)N2CC(Oc3cccc(Cl)c3)C2)c1. The molecule has 1 amide bonds. The van der Waals surface area contributed by atoms with E-state index in [1.54, 1.807) is 34.1 Å². The van der Waals surface area contributed by atoms with Crippen LogP contribution in [0.4, 0.5) is 0 Å². The van der Waals surface area contributed by atoms with Crippen LogP contribution in [0, 0.1) is 0 Å². The highest BCUT2D eigenvalue weighted by Gasteiger charge is 2.33. The number of nitrogens with zero attached hydrogens (tertiary/aromatic N) is 3. The van der Waals surface area contributed by atoms with Crippen LogP contribution in [0.25, 0.3) is 0 Å². The number of likely N-dealkylation sites (tertiary alicyclic amines) is 1. The molecule has 1 aliphatic rings. The van der Waals surface area contributed by atoms with Gasteiger partial charge in [-0.3, -0.25) is 4.79 Å². The van der Waals surface area contributed by atoms with Gasteiger partial charge in [0.15, 0.2) is 0 Å². The number of amides is 1. The molecule has 0 aliphatic carbocycles. The van der Waals surface area contributed by atoms with Crippen molar-refractivity contribution in [3.63, 3.8) is 0 Å². The fourth-order valence-electron chi connectivity index (χ4n) is 2.10. The van der Waals surface area contributed by atoms with Gasteiger partial charge in [0.2, 0.25) is 0 Å². The fraction of sp³-hybridized carbons (Fsp3) is 0.286. The molecule has 1 aromatic heterocycles. The summed E-state index contributed by atoms with van der Waals surface area (Å²) in [5, 5.41) is 0.642. The Balaban J connectivity index is 1.55. The van der Waals surface area contributed by atoms with E-state index in [4.69, 9.17) is 16.3 Å². The quantitative estimate of drug-likeness (QED) is 0.869. The second kappa shape index (κ2) is 5.17. The van der Waals surface area contributed by atoms with Crippen LogP contribution in [0.1, 0.15) is 10.5 Å². The Morgan fingerprint density at radius 3 is 2.90 bits per heavy atom. The van der Waals surface area contributed by atoms with Gasteiger partial charge in [0.1, 0.15) is 17.5 Å². The van der Waals surface area contributed by atoms with Crippen molar-refractivity contribution < 1.29 is 9.53 Å². The highest BCUT2D eigenvalue weighted by Crippen LogP contribution is 2.22. The van der Waals surface area contributed by atoms with E-state index in [1.807, 2.05) is 19.2 Å². The lowest BCUT2D eigenvalue weighted by molar-refractivity contribution is 0.0174. The molecular weight excluding hydrogens is 278 g/mol. The molecule has 0 radical (unpaired) electrons. The molecule has 5 nitrogen and oxygen atoms in total. The zero-order valence-electron chi connectivity index (χ0n) is 11.0. The third kappa shape index (κ3) is 2.63. The number of aromatic nitrogens is 2. The molecule has 1 fully saturated rings. The van der Waals surface area contributed by atoms with Gasteiger partial charge in [-0.15, -0.1) is 0 Å². The molecule has 3 rings (SSSR count). The Hall–Kier alpha value is -2.01. The molecule has 0 atom stereocenters. The van der Waals surface area contributed by atoms with Crippen LogP contribution >= 0.6 is 11.6 Å². The van der Waals surface area contributed by atoms with Gasteiger partial charge in [-0.05, 0) is 18.2 Å². The number of hydrogen-bond donors (Lipinski definition) is 0. The lowest BCUT2D eigenvalue weighted by Gasteiger charge is -2.38. The topological polar surface area (TPSA) is 47.4 Å². The highest BCUT2D eigenvalue weighted by molar-refractivity contribution is 6.30. The van der Waals surface area contributed by atoms with Crippen LogP contribution in [-0.2, 0) is 7.05 Å². The Morgan fingerprint density at radius 2 is 2.25 bits per heavy atom. The first-order valence-corrected chi connectivity index (χ1v) is 6.69. The largest absolute Gasteiger partial charge is 0.487 e. The average molecular weight is 292 g/mol. The lowest BCUT2D eigenvalue weighted by atomic mass is 10.1. The summed E-state index contributed by atoms with van der Waals surface area (Å²) in [7, 11) is 1.84. The Kier molecular flexibility index (Phi) is 3.36. The number of imidazole rings is 1. The van der Waals surface area contributed by atoms with E-state index in [-0.39, 0.29) is 12.0 Å². The molecule has 20 heavy (non-hydrogen) atoms. The van der Waals surface area contributed by atoms with Crippen LogP contribution < -0.4 is 4.74 Å². The fourth-order valence-corrected chi connectivity index (χ4v) is 2.28. The zero-order valence-corrected chi connectivity index (χ0v) is 11.7. The van der Waals surface area contributed by atoms with Gasteiger partial charge in [0.25, 0.3) is 5.91 Å². The van der Waals surface area contributed by atoms with Crippen molar-refractivity contribution in [2.75, 3.05) is 13.1 Å². The maximum absolute atomic E-state index is 12.1. The van der Waals surface area contributed by atoms with E-state index in [2.05, 4.69) is 4.98 Å². The van der Waals surface area contributed by atoms with Crippen molar-refractivity contribution in [1.29, 1.82) is 0 Å². The molecule has 1 aromatic carbocycles. The number of rotatable bonds is 3. The summed E-state index contributed by atoms with van der Waals surface area (Å²) in [5.41, 5.74) is 0.466. The van der Waals surface area contributed by atoms with Crippen molar-refractivity contribution in [1.82, 2.24) is 14.5 Å². The number of aryl methyl sites for hydroxylation is 1. The van der Waals surface area contributed by atoms with E-state index in [1.165, 1.54) is 0 Å². The smallest absolute Gasteiger partial charge is 0.274 e. The first-order chi connectivity index (χ1) is 9.61. The Morgan fingerprint density at radius 1 is 1.45 bits per heavy atom. The van der Waals surface area contributed by atoms with Crippen LogP contribution in [0.3, 0.4) is 0 Å². The normalized spacial score (nSPS) is 15.0. The standard InChI is InChI=1S/C14H14ClN3O2/c1-17-8-13(16-9-17)14(19)18-6-12(7-18)20-11-4-2-3-10(15)5-11/h2-5,8-9,12H,6-7H2,1H3. The van der Waals surface area contributed by atoms with E-state index in [0.717, 1.165) is 5.75 Å². The van der Waals surface area contributed by atoms with Gasteiger partial charge in [-0.25, -0.2) is 4.98 Å². The van der Waals surface area contributed by atoms with Crippen LogP contribution in [0.5, 0.6) is 5.75 Å². The monoisotopic (exact) mass is 291 g/mol. The minimum atomic E-state index is -0.0588. The van der Waals surface area contributed by atoms with Gasteiger partial charge in [0.05, 0.1) is 19.4 Å². The second-order valence-corrected chi connectivity index (χ2v) is 5.27. The first kappa shape index (κ1) is 13.0. The summed E-state index contributed by atoms with van der Waals surface area (Å²) >= 11 is 5.90. The lowest BCUT2D eigenvalue weighted by Crippen LogP contribution is -2.56. The van der Waals surface area contributed by atoms with Gasteiger partial charge in [-0.2, -0.15) is 0 Å². The van der Waals surface area contributed by atoms with Crippen LogP contribution in [0.2, 0.25) is 5.02 Å². The van der Waals surface area contributed by atoms with E-state index >= 15 is 0 Å². The summed E-state index contributed by atoms with van der Waals surface area (Å²) in [6, 6.07) is 7.26. The maximum atomic E-state index is 12.1. The van der Waals surface area contributed by atoms with E-state index in [9.17, 15) is 4.79 Å². The molecule has 0 N–H and O–H groups in total. The van der Waals surface area contributed by atoms with Gasteiger partial charge >= 0.3 is 0 Å². The van der Waals surface area contributed by atoms with E-state index in [0.29, 0.717) is 23.8 Å². The molecular formula is C14H14ClN3O2. The molecule has 1 aliphatic heterocycles. The van der Waals surface area contributed by atoms with Crippen LogP contribution in [0.15, 0.2) is 36.8 Å².